The molecule has 200 valence electrons. The van der Waals surface area contributed by atoms with E-state index in [9.17, 15) is 9.59 Å². The van der Waals surface area contributed by atoms with Crippen LogP contribution in [0.5, 0.6) is 11.5 Å². The van der Waals surface area contributed by atoms with E-state index in [1.54, 1.807) is 11.0 Å². The summed E-state index contributed by atoms with van der Waals surface area (Å²) in [6.07, 6.45) is 0. The summed E-state index contributed by atoms with van der Waals surface area (Å²) in [7, 11) is 0. The van der Waals surface area contributed by atoms with Crippen molar-refractivity contribution in [3.63, 3.8) is 0 Å². The van der Waals surface area contributed by atoms with E-state index in [2.05, 4.69) is 0 Å². The average molecular weight is 532 g/mol. The Morgan fingerprint density at radius 2 is 1.60 bits per heavy atom. The molecule has 5 aromatic rings. The van der Waals surface area contributed by atoms with Gasteiger partial charge in [0.05, 0.1) is 23.6 Å². The number of nitrogens with zero attached hydrogens (tertiary/aromatic N) is 1. The number of rotatable bonds is 7. The zero-order valence-corrected chi connectivity index (χ0v) is 22.6. The van der Waals surface area contributed by atoms with E-state index < -0.39 is 6.04 Å². The third kappa shape index (κ3) is 4.51. The zero-order chi connectivity index (χ0) is 27.8. The van der Waals surface area contributed by atoms with Gasteiger partial charge in [0.15, 0.2) is 16.9 Å². The number of anilines is 1. The van der Waals surface area contributed by atoms with Gasteiger partial charge in [0.2, 0.25) is 5.76 Å². The van der Waals surface area contributed by atoms with Crippen LogP contribution in [0.2, 0.25) is 0 Å². The van der Waals surface area contributed by atoms with Gasteiger partial charge in [-0.15, -0.1) is 0 Å². The summed E-state index contributed by atoms with van der Waals surface area (Å²) in [6.45, 7) is 6.62. The minimum atomic E-state index is -0.701. The summed E-state index contributed by atoms with van der Waals surface area (Å²) in [5.41, 5.74) is 4.89. The van der Waals surface area contributed by atoms with Gasteiger partial charge in [-0.25, -0.2) is 0 Å². The molecule has 0 radical (unpaired) electrons. The van der Waals surface area contributed by atoms with Crippen LogP contribution >= 0.6 is 0 Å². The molecule has 1 atom stereocenters. The molecule has 0 bridgehead atoms. The van der Waals surface area contributed by atoms with Crippen molar-refractivity contribution in [2.75, 3.05) is 11.5 Å². The van der Waals surface area contributed by atoms with Gasteiger partial charge in [0.1, 0.15) is 12.2 Å². The molecule has 1 unspecified atom stereocenters. The topological polar surface area (TPSA) is 69.0 Å². The third-order valence-electron chi connectivity index (χ3n) is 7.13. The van der Waals surface area contributed by atoms with Crippen molar-refractivity contribution < 1.29 is 18.7 Å². The highest BCUT2D eigenvalue weighted by atomic mass is 16.5. The highest BCUT2D eigenvalue weighted by Crippen LogP contribution is 2.43. The first-order valence-electron chi connectivity index (χ1n) is 13.4. The van der Waals surface area contributed by atoms with Crippen LogP contribution in [0.3, 0.4) is 0 Å². The normalized spacial score (nSPS) is 14.4. The maximum atomic E-state index is 14.0. The lowest BCUT2D eigenvalue weighted by Gasteiger charge is -2.26. The molecular formula is C34H29NO5. The largest absolute Gasteiger partial charge is 0.490 e. The van der Waals surface area contributed by atoms with Gasteiger partial charge in [-0.3, -0.25) is 14.5 Å². The average Bonchev–Trinajstić information content (AvgIpc) is 3.25. The molecule has 1 amide bonds. The minimum Gasteiger partial charge on any atom is -0.490 e. The summed E-state index contributed by atoms with van der Waals surface area (Å²) in [5.74, 6) is 0.840. The smallest absolute Gasteiger partial charge is 0.295 e. The van der Waals surface area contributed by atoms with Crippen LogP contribution in [0.25, 0.3) is 11.0 Å². The molecule has 1 aliphatic heterocycles. The van der Waals surface area contributed by atoms with Crippen molar-refractivity contribution in [3.05, 3.63) is 135 Å². The summed E-state index contributed by atoms with van der Waals surface area (Å²) >= 11 is 0. The molecule has 6 nitrogen and oxygen atoms in total. The Labute approximate surface area is 232 Å². The van der Waals surface area contributed by atoms with Crippen molar-refractivity contribution >= 4 is 22.6 Å². The number of carbonyl (C=O) groups is 1. The fourth-order valence-electron chi connectivity index (χ4n) is 5.26. The highest BCUT2D eigenvalue weighted by molar-refractivity contribution is 6.10. The van der Waals surface area contributed by atoms with Crippen LogP contribution in [0.4, 0.5) is 5.69 Å². The van der Waals surface area contributed by atoms with Crippen molar-refractivity contribution in [2.24, 2.45) is 0 Å². The number of hydrogen-bond donors (Lipinski definition) is 0. The monoisotopic (exact) mass is 531 g/mol. The van der Waals surface area contributed by atoms with Gasteiger partial charge >= 0.3 is 0 Å². The number of fused-ring (bicyclic) bond motifs is 2. The molecule has 0 aliphatic carbocycles. The number of benzene rings is 4. The number of ether oxygens (including phenoxy) is 2. The maximum absolute atomic E-state index is 14.0. The molecule has 6 heteroatoms. The SMILES string of the molecule is CCOc1cc(C2c3c(oc4ccc(C)cc4c3=O)C(=O)N2c2cccc(C)c2)ccc1OCc1ccccc1. The van der Waals surface area contributed by atoms with Crippen LogP contribution < -0.4 is 19.8 Å². The lowest BCUT2D eigenvalue weighted by molar-refractivity contribution is 0.0971. The summed E-state index contributed by atoms with van der Waals surface area (Å²) in [4.78, 5) is 29.6. The Bertz CT molecular complexity index is 1790. The lowest BCUT2D eigenvalue weighted by atomic mass is 9.97. The lowest BCUT2D eigenvalue weighted by Crippen LogP contribution is -2.29. The number of aryl methyl sites for hydroxylation is 2. The molecule has 40 heavy (non-hydrogen) atoms. The Morgan fingerprint density at radius 3 is 2.38 bits per heavy atom. The second kappa shape index (κ2) is 10.4. The number of carbonyl (C=O) groups excluding carboxylic acids is 1. The Kier molecular flexibility index (Phi) is 6.60. The fourth-order valence-corrected chi connectivity index (χ4v) is 5.26. The Morgan fingerprint density at radius 1 is 0.800 bits per heavy atom. The third-order valence-corrected chi connectivity index (χ3v) is 7.13. The van der Waals surface area contributed by atoms with Crippen molar-refractivity contribution in [1.29, 1.82) is 0 Å². The van der Waals surface area contributed by atoms with E-state index in [-0.39, 0.29) is 17.1 Å². The number of amides is 1. The van der Waals surface area contributed by atoms with Crippen LogP contribution in [0.1, 0.15) is 51.3 Å². The summed E-state index contributed by atoms with van der Waals surface area (Å²) < 4.78 is 18.2. The summed E-state index contributed by atoms with van der Waals surface area (Å²) in [5, 5.41) is 0.454. The molecule has 4 aromatic carbocycles. The molecule has 1 aliphatic rings. The second-order valence-electron chi connectivity index (χ2n) is 10.0. The Hall–Kier alpha value is -4.84. The predicted molar refractivity (Wildman–Crippen MR) is 155 cm³/mol. The van der Waals surface area contributed by atoms with Gasteiger partial charge < -0.3 is 13.9 Å². The van der Waals surface area contributed by atoms with E-state index in [1.165, 1.54) is 0 Å². The molecule has 0 saturated carbocycles. The molecular weight excluding hydrogens is 502 g/mol. The quantitative estimate of drug-likeness (QED) is 0.223. The van der Waals surface area contributed by atoms with Crippen LogP contribution in [-0.2, 0) is 6.61 Å². The standard InChI is InChI=1S/C34H29NO5/c1-4-38-29-19-24(14-16-28(29)39-20-23-10-6-5-7-11-23)31-30-32(36)26-18-22(3)13-15-27(26)40-33(30)34(37)35(31)25-12-8-9-21(2)17-25/h5-19,31H,4,20H2,1-3H3. The van der Waals surface area contributed by atoms with Gasteiger partial charge in [0.25, 0.3) is 5.91 Å². The second-order valence-corrected chi connectivity index (χ2v) is 10.0. The molecule has 0 fully saturated rings. The van der Waals surface area contributed by atoms with E-state index in [0.29, 0.717) is 46.9 Å². The van der Waals surface area contributed by atoms with E-state index in [4.69, 9.17) is 13.9 Å². The van der Waals surface area contributed by atoms with Gasteiger partial charge in [-0.1, -0.05) is 60.2 Å². The van der Waals surface area contributed by atoms with Crippen molar-refractivity contribution in [1.82, 2.24) is 0 Å². The molecule has 0 saturated heterocycles. The predicted octanol–water partition coefficient (Wildman–Crippen LogP) is 7.14. The van der Waals surface area contributed by atoms with E-state index in [0.717, 1.165) is 22.3 Å². The van der Waals surface area contributed by atoms with Gasteiger partial charge in [-0.05, 0) is 73.9 Å². The van der Waals surface area contributed by atoms with E-state index in [1.807, 2.05) is 106 Å². The highest BCUT2D eigenvalue weighted by Gasteiger charge is 2.44. The number of hydrogen-bond acceptors (Lipinski definition) is 5. The Balaban J connectivity index is 1.51. The molecule has 0 N–H and O–H groups in total. The van der Waals surface area contributed by atoms with Gasteiger partial charge in [-0.2, -0.15) is 0 Å². The van der Waals surface area contributed by atoms with Crippen LogP contribution in [0.15, 0.2) is 100 Å². The van der Waals surface area contributed by atoms with Crippen LogP contribution in [0, 0.1) is 13.8 Å². The zero-order valence-electron chi connectivity index (χ0n) is 22.6. The van der Waals surface area contributed by atoms with Crippen LogP contribution in [-0.4, -0.2) is 12.5 Å². The summed E-state index contributed by atoms with van der Waals surface area (Å²) in [6, 6.07) is 27.9. The molecule has 1 aromatic heterocycles. The molecule has 2 heterocycles. The molecule has 0 spiro atoms. The maximum Gasteiger partial charge on any atom is 0.295 e. The van der Waals surface area contributed by atoms with Crippen molar-refractivity contribution in [3.8, 4) is 11.5 Å². The molecule has 6 rings (SSSR count). The first-order chi connectivity index (χ1) is 19.4. The first-order valence-corrected chi connectivity index (χ1v) is 13.4. The fraction of sp³-hybridized carbons (Fsp3) is 0.176. The van der Waals surface area contributed by atoms with E-state index >= 15 is 0 Å². The van der Waals surface area contributed by atoms with Gasteiger partial charge in [0, 0.05) is 5.69 Å². The minimum absolute atomic E-state index is 0.0650. The first kappa shape index (κ1) is 25.4. The van der Waals surface area contributed by atoms with Crippen molar-refractivity contribution in [2.45, 2.75) is 33.4 Å².